The van der Waals surface area contributed by atoms with E-state index in [9.17, 15) is 4.79 Å². The molecule has 0 heterocycles. The number of allylic oxidation sites excluding steroid dienone is 1. The molecule has 0 aliphatic heterocycles. The fourth-order valence-electron chi connectivity index (χ4n) is 3.91. The largest absolute Gasteiger partial charge is 0.496 e. The second kappa shape index (κ2) is 6.46. The smallest absolute Gasteiger partial charge is 0.159 e. The molecule has 1 atom stereocenters. The van der Waals surface area contributed by atoms with E-state index in [-0.39, 0.29) is 0 Å². The van der Waals surface area contributed by atoms with Gasteiger partial charge in [-0.25, -0.2) is 0 Å². The van der Waals surface area contributed by atoms with Crippen molar-refractivity contribution in [3.63, 3.8) is 0 Å². The second-order valence-electron chi connectivity index (χ2n) is 6.38. The number of hydrogen-bond acceptors (Lipinski definition) is 2. The van der Waals surface area contributed by atoms with Crippen molar-refractivity contribution < 1.29 is 9.53 Å². The Kier molecular flexibility index (Phi) is 4.42. The van der Waals surface area contributed by atoms with E-state index >= 15 is 0 Å². The second-order valence-corrected chi connectivity index (χ2v) is 6.38. The molecule has 2 heteroatoms. The first-order valence-electron chi connectivity index (χ1n) is 8.14. The third-order valence-electron chi connectivity index (χ3n) is 5.13. The predicted molar refractivity (Wildman–Crippen MR) is 85.3 cm³/mol. The quantitative estimate of drug-likeness (QED) is 0.756. The van der Waals surface area contributed by atoms with Crippen LogP contribution < -0.4 is 4.74 Å². The van der Waals surface area contributed by atoms with Crippen LogP contribution in [0.2, 0.25) is 0 Å². The molecule has 21 heavy (non-hydrogen) atoms. The molecular formula is C19H24O2. The maximum absolute atomic E-state index is 12.5. The number of benzene rings is 1. The highest BCUT2D eigenvalue weighted by molar-refractivity contribution is 6.00. The highest BCUT2D eigenvalue weighted by Crippen LogP contribution is 2.40. The molecule has 0 aromatic heterocycles. The lowest BCUT2D eigenvalue weighted by molar-refractivity contribution is -0.118. The van der Waals surface area contributed by atoms with Crippen molar-refractivity contribution in [1.29, 1.82) is 0 Å². The molecule has 2 nitrogen and oxygen atoms in total. The number of carbonyl (C=O) groups excluding carboxylic acids is 1. The molecule has 2 saturated carbocycles. The summed E-state index contributed by atoms with van der Waals surface area (Å²) in [4.78, 5) is 12.5. The van der Waals surface area contributed by atoms with Crippen molar-refractivity contribution >= 4 is 11.9 Å². The summed E-state index contributed by atoms with van der Waals surface area (Å²) in [6, 6.07) is 7.91. The zero-order valence-electron chi connectivity index (χ0n) is 12.8. The normalized spacial score (nSPS) is 25.5. The van der Waals surface area contributed by atoms with Crippen molar-refractivity contribution in [3.8, 4) is 5.75 Å². The van der Waals surface area contributed by atoms with Gasteiger partial charge in [-0.2, -0.15) is 0 Å². The number of carbonyl (C=O) groups is 1. The average Bonchev–Trinajstić information content (AvgIpc) is 3.04. The minimum atomic E-state index is 0.351. The van der Waals surface area contributed by atoms with Gasteiger partial charge in [-0.05, 0) is 42.4 Å². The molecule has 0 amide bonds. The third kappa shape index (κ3) is 3.20. The molecule has 2 fully saturated rings. The molecular weight excluding hydrogens is 260 g/mol. The van der Waals surface area contributed by atoms with E-state index < -0.39 is 0 Å². The number of para-hydroxylation sites is 1. The van der Waals surface area contributed by atoms with Crippen LogP contribution in [0.25, 0.3) is 6.08 Å². The van der Waals surface area contributed by atoms with Gasteiger partial charge in [0.2, 0.25) is 0 Å². The van der Waals surface area contributed by atoms with E-state index in [2.05, 4.69) is 0 Å². The molecule has 112 valence electrons. The molecule has 0 saturated heterocycles. The van der Waals surface area contributed by atoms with Gasteiger partial charge in [-0.3, -0.25) is 4.79 Å². The summed E-state index contributed by atoms with van der Waals surface area (Å²) in [7, 11) is 1.68. The summed E-state index contributed by atoms with van der Waals surface area (Å²) in [6.45, 7) is 0. The summed E-state index contributed by atoms with van der Waals surface area (Å²) in [5, 5.41) is 0. The van der Waals surface area contributed by atoms with Crippen LogP contribution in [0.5, 0.6) is 5.75 Å². The first-order chi connectivity index (χ1) is 10.3. The van der Waals surface area contributed by atoms with Crippen LogP contribution in [-0.2, 0) is 4.79 Å². The number of hydrogen-bond donors (Lipinski definition) is 0. The fraction of sp³-hybridized carbons (Fsp3) is 0.526. The van der Waals surface area contributed by atoms with Crippen molar-refractivity contribution in [3.05, 3.63) is 35.4 Å². The van der Waals surface area contributed by atoms with E-state index in [0.717, 1.165) is 35.6 Å². The predicted octanol–water partition coefficient (Wildman–Crippen LogP) is 4.64. The number of methoxy groups -OCH3 is 1. The first-order valence-corrected chi connectivity index (χ1v) is 8.14. The Bertz CT molecular complexity index is 538. The summed E-state index contributed by atoms with van der Waals surface area (Å²) in [5.41, 5.74) is 2.00. The van der Waals surface area contributed by atoms with Crippen molar-refractivity contribution in [2.45, 2.75) is 44.9 Å². The maximum Gasteiger partial charge on any atom is 0.159 e. The Morgan fingerprint density at radius 3 is 2.57 bits per heavy atom. The maximum atomic E-state index is 12.5. The van der Waals surface area contributed by atoms with E-state index in [4.69, 9.17) is 4.74 Å². The standard InChI is InChI=1S/C19H24O2/c1-21-19-9-5-4-8-17(19)12-16-11-10-15(13-18(16)20)14-6-2-3-7-14/h4-5,8-9,12,14-15H,2-3,6-7,10-11,13H2,1H3/b16-12-. The van der Waals surface area contributed by atoms with Crippen LogP contribution in [0.1, 0.15) is 50.5 Å². The molecule has 0 spiro atoms. The van der Waals surface area contributed by atoms with Crippen LogP contribution in [0, 0.1) is 11.8 Å². The molecule has 3 rings (SSSR count). The monoisotopic (exact) mass is 284 g/mol. The van der Waals surface area contributed by atoms with Gasteiger partial charge in [-0.15, -0.1) is 0 Å². The van der Waals surface area contributed by atoms with Crippen LogP contribution in [0.3, 0.4) is 0 Å². The first kappa shape index (κ1) is 14.4. The Morgan fingerprint density at radius 1 is 1.10 bits per heavy atom. The van der Waals surface area contributed by atoms with Gasteiger partial charge in [0.1, 0.15) is 5.75 Å². The van der Waals surface area contributed by atoms with Crippen LogP contribution >= 0.6 is 0 Å². The average molecular weight is 284 g/mol. The van der Waals surface area contributed by atoms with Gasteiger partial charge in [0.25, 0.3) is 0 Å². The third-order valence-corrected chi connectivity index (χ3v) is 5.13. The van der Waals surface area contributed by atoms with Crippen LogP contribution in [0.4, 0.5) is 0 Å². The van der Waals surface area contributed by atoms with E-state index in [1.165, 1.54) is 32.1 Å². The Labute approximate surface area is 127 Å². The summed E-state index contributed by atoms with van der Waals surface area (Å²) < 4.78 is 5.37. The summed E-state index contributed by atoms with van der Waals surface area (Å²) >= 11 is 0. The summed E-state index contributed by atoms with van der Waals surface area (Å²) in [6.07, 6.45) is 10.3. The molecule has 2 aliphatic carbocycles. The Hall–Kier alpha value is -1.57. The topological polar surface area (TPSA) is 26.3 Å². The number of ether oxygens (including phenoxy) is 1. The molecule has 0 bridgehead atoms. The minimum Gasteiger partial charge on any atom is -0.496 e. The molecule has 0 N–H and O–H groups in total. The number of ketones is 1. The van der Waals surface area contributed by atoms with Crippen molar-refractivity contribution in [2.24, 2.45) is 11.8 Å². The van der Waals surface area contributed by atoms with Gasteiger partial charge in [-0.1, -0.05) is 43.9 Å². The lowest BCUT2D eigenvalue weighted by Gasteiger charge is -2.28. The fourth-order valence-corrected chi connectivity index (χ4v) is 3.91. The zero-order valence-corrected chi connectivity index (χ0v) is 12.8. The molecule has 1 unspecified atom stereocenters. The lowest BCUT2D eigenvalue weighted by atomic mass is 9.76. The number of Topliss-reactive ketones (excluding diaryl/α,β-unsaturated/α-hetero) is 1. The summed E-state index contributed by atoms with van der Waals surface area (Å²) in [5.74, 6) is 2.64. The minimum absolute atomic E-state index is 0.351. The van der Waals surface area contributed by atoms with Crippen molar-refractivity contribution in [2.75, 3.05) is 7.11 Å². The zero-order chi connectivity index (χ0) is 14.7. The molecule has 1 aromatic rings. The molecule has 1 aromatic carbocycles. The highest BCUT2D eigenvalue weighted by Gasteiger charge is 2.31. The Balaban J connectivity index is 1.72. The van der Waals surface area contributed by atoms with Gasteiger partial charge in [0.05, 0.1) is 7.11 Å². The molecule has 2 aliphatic rings. The van der Waals surface area contributed by atoms with Crippen LogP contribution in [0.15, 0.2) is 29.8 Å². The number of rotatable bonds is 3. The van der Waals surface area contributed by atoms with Gasteiger partial charge >= 0.3 is 0 Å². The van der Waals surface area contributed by atoms with E-state index in [1.54, 1.807) is 7.11 Å². The van der Waals surface area contributed by atoms with Gasteiger partial charge in [0, 0.05) is 12.0 Å². The highest BCUT2D eigenvalue weighted by atomic mass is 16.5. The SMILES string of the molecule is COc1ccccc1/C=C1/CCC(C2CCCC2)CC1=O. The Morgan fingerprint density at radius 2 is 1.86 bits per heavy atom. The van der Waals surface area contributed by atoms with E-state index in [1.807, 2.05) is 30.3 Å². The lowest BCUT2D eigenvalue weighted by Crippen LogP contribution is -2.23. The van der Waals surface area contributed by atoms with E-state index in [0.29, 0.717) is 11.7 Å². The van der Waals surface area contributed by atoms with Crippen molar-refractivity contribution in [1.82, 2.24) is 0 Å². The van der Waals surface area contributed by atoms with Gasteiger partial charge < -0.3 is 4.74 Å². The molecule has 0 radical (unpaired) electrons. The van der Waals surface area contributed by atoms with Gasteiger partial charge in [0.15, 0.2) is 5.78 Å². The van der Waals surface area contributed by atoms with Crippen LogP contribution in [-0.4, -0.2) is 12.9 Å².